The van der Waals surface area contributed by atoms with Gasteiger partial charge in [0.2, 0.25) is 0 Å². The van der Waals surface area contributed by atoms with Crippen LogP contribution in [0.1, 0.15) is 28.2 Å². The van der Waals surface area contributed by atoms with Crippen LogP contribution >= 0.6 is 0 Å². The molecule has 1 saturated heterocycles. The molecule has 1 fully saturated rings. The summed E-state index contributed by atoms with van der Waals surface area (Å²) in [5.41, 5.74) is 1.00. The van der Waals surface area contributed by atoms with Crippen LogP contribution < -0.4 is 0 Å². The number of nitrogens with zero attached hydrogens (tertiary/aromatic N) is 4. The number of sulfonamides is 1. The monoisotopic (exact) mass is 353 g/mol. The first-order valence-corrected chi connectivity index (χ1v) is 9.06. The highest BCUT2D eigenvalue weighted by Crippen LogP contribution is 2.19. The van der Waals surface area contributed by atoms with E-state index in [4.69, 9.17) is 4.52 Å². The van der Waals surface area contributed by atoms with Crippen molar-refractivity contribution in [2.75, 3.05) is 26.2 Å². The molecule has 0 saturated carbocycles. The van der Waals surface area contributed by atoms with Gasteiger partial charge in [0.15, 0.2) is 5.03 Å². The number of H-pyrrole nitrogens is 1. The molecule has 0 aliphatic carbocycles. The summed E-state index contributed by atoms with van der Waals surface area (Å²) in [6.45, 7) is 4.80. The third kappa shape index (κ3) is 2.94. The van der Waals surface area contributed by atoms with E-state index in [0.717, 1.165) is 0 Å². The molecule has 0 bridgehead atoms. The number of aromatic amines is 1. The summed E-state index contributed by atoms with van der Waals surface area (Å²) in [6.07, 6.45) is 3.17. The van der Waals surface area contributed by atoms with Crippen LogP contribution in [0.25, 0.3) is 0 Å². The summed E-state index contributed by atoms with van der Waals surface area (Å²) < 4.78 is 31.5. The van der Waals surface area contributed by atoms with E-state index in [9.17, 15) is 13.2 Å². The second kappa shape index (κ2) is 6.36. The van der Waals surface area contributed by atoms with E-state index in [0.29, 0.717) is 43.1 Å². The van der Waals surface area contributed by atoms with Crippen molar-refractivity contribution in [1.82, 2.24) is 24.3 Å². The van der Waals surface area contributed by atoms with Gasteiger partial charge < -0.3 is 14.4 Å². The van der Waals surface area contributed by atoms with Gasteiger partial charge in [0, 0.05) is 26.2 Å². The number of imidazole rings is 1. The van der Waals surface area contributed by atoms with Gasteiger partial charge in [-0.2, -0.15) is 4.31 Å². The molecule has 3 rings (SSSR count). The van der Waals surface area contributed by atoms with E-state index in [1.807, 2.05) is 0 Å². The summed E-state index contributed by atoms with van der Waals surface area (Å²) in [7, 11) is -3.61. The Morgan fingerprint density at radius 2 is 2.04 bits per heavy atom. The molecule has 0 radical (unpaired) electrons. The van der Waals surface area contributed by atoms with Crippen molar-refractivity contribution in [3.8, 4) is 0 Å². The Morgan fingerprint density at radius 3 is 2.67 bits per heavy atom. The Bertz CT molecular complexity index is 808. The van der Waals surface area contributed by atoms with Crippen LogP contribution in [0.4, 0.5) is 0 Å². The van der Waals surface area contributed by atoms with E-state index in [-0.39, 0.29) is 17.5 Å². The molecule has 10 heteroatoms. The van der Waals surface area contributed by atoms with Gasteiger partial charge in [-0.3, -0.25) is 4.79 Å². The third-order valence-corrected chi connectivity index (χ3v) is 5.90. The molecule has 3 heterocycles. The number of carbonyl (C=O) groups is 1. The Kier molecular flexibility index (Phi) is 4.41. The lowest BCUT2D eigenvalue weighted by Gasteiger charge is -2.21. The number of amides is 1. The fraction of sp³-hybridized carbons (Fsp3) is 0.500. The van der Waals surface area contributed by atoms with Crippen LogP contribution in [0.5, 0.6) is 0 Å². The van der Waals surface area contributed by atoms with Gasteiger partial charge in [-0.15, -0.1) is 0 Å². The molecule has 24 heavy (non-hydrogen) atoms. The second-order valence-corrected chi connectivity index (χ2v) is 7.57. The predicted octanol–water partition coefficient (Wildman–Crippen LogP) is 0.551. The minimum Gasteiger partial charge on any atom is -0.361 e. The zero-order chi connectivity index (χ0) is 17.3. The first kappa shape index (κ1) is 16.7. The summed E-state index contributed by atoms with van der Waals surface area (Å²) in [4.78, 5) is 20.7. The Hall–Kier alpha value is -2.20. The van der Waals surface area contributed by atoms with Crippen molar-refractivity contribution in [1.29, 1.82) is 0 Å². The van der Waals surface area contributed by atoms with E-state index in [1.54, 1.807) is 18.7 Å². The standard InChI is InChI=1S/C14H19N5O4S/c1-10-13(11(2)23-17-10)14(20)18-4-3-5-19(7-6-18)24(21,22)12-8-15-9-16-12/h8-9H,3-7H2,1-2H3,(H,15,16). The van der Waals surface area contributed by atoms with Crippen LogP contribution in [-0.2, 0) is 10.0 Å². The maximum Gasteiger partial charge on any atom is 0.260 e. The van der Waals surface area contributed by atoms with E-state index in [1.165, 1.54) is 16.8 Å². The Balaban J connectivity index is 1.75. The molecule has 2 aromatic heterocycles. The van der Waals surface area contributed by atoms with Gasteiger partial charge in [-0.05, 0) is 20.3 Å². The number of rotatable bonds is 3. The highest BCUT2D eigenvalue weighted by Gasteiger charge is 2.30. The normalized spacial score (nSPS) is 17.0. The zero-order valence-electron chi connectivity index (χ0n) is 13.5. The lowest BCUT2D eigenvalue weighted by atomic mass is 10.1. The van der Waals surface area contributed by atoms with E-state index >= 15 is 0 Å². The van der Waals surface area contributed by atoms with Crippen LogP contribution in [0.2, 0.25) is 0 Å². The fourth-order valence-electron chi connectivity index (χ4n) is 2.81. The van der Waals surface area contributed by atoms with Gasteiger partial charge in [0.1, 0.15) is 11.3 Å². The number of aromatic nitrogens is 3. The highest BCUT2D eigenvalue weighted by atomic mass is 32.2. The van der Waals surface area contributed by atoms with Gasteiger partial charge in [0.05, 0.1) is 18.2 Å². The molecule has 1 amide bonds. The summed E-state index contributed by atoms with van der Waals surface area (Å²) in [5.74, 6) is 0.302. The van der Waals surface area contributed by atoms with Crippen LogP contribution in [0.3, 0.4) is 0 Å². The lowest BCUT2D eigenvalue weighted by Crippen LogP contribution is -2.37. The van der Waals surface area contributed by atoms with E-state index < -0.39 is 10.0 Å². The molecule has 2 aromatic rings. The van der Waals surface area contributed by atoms with Gasteiger partial charge >= 0.3 is 0 Å². The number of aryl methyl sites for hydroxylation is 2. The van der Waals surface area contributed by atoms with Crippen molar-refractivity contribution in [2.24, 2.45) is 0 Å². The van der Waals surface area contributed by atoms with Gasteiger partial charge in [-0.25, -0.2) is 13.4 Å². The van der Waals surface area contributed by atoms with E-state index in [2.05, 4.69) is 15.1 Å². The van der Waals surface area contributed by atoms with Crippen molar-refractivity contribution in [2.45, 2.75) is 25.3 Å². The molecule has 1 aliphatic heterocycles. The summed E-state index contributed by atoms with van der Waals surface area (Å²) >= 11 is 0. The predicted molar refractivity (Wildman–Crippen MR) is 83.8 cm³/mol. The molecule has 9 nitrogen and oxygen atoms in total. The summed E-state index contributed by atoms with van der Waals surface area (Å²) in [5, 5.41) is 3.87. The molecule has 0 aromatic carbocycles. The number of carbonyl (C=O) groups excluding carboxylic acids is 1. The molecule has 0 unspecified atom stereocenters. The molecule has 130 valence electrons. The van der Waals surface area contributed by atoms with Crippen molar-refractivity contribution in [3.05, 3.63) is 29.5 Å². The molecular formula is C14H19N5O4S. The molecule has 1 aliphatic rings. The minimum absolute atomic E-state index is 0.0630. The number of nitrogens with one attached hydrogen (secondary N) is 1. The summed E-state index contributed by atoms with van der Waals surface area (Å²) in [6, 6.07) is 0. The topological polar surface area (TPSA) is 112 Å². The SMILES string of the molecule is Cc1noc(C)c1C(=O)N1CCCN(S(=O)(=O)c2cnc[nH]2)CC1. The van der Waals surface area contributed by atoms with Gasteiger partial charge in [-0.1, -0.05) is 5.16 Å². The fourth-order valence-corrected chi connectivity index (χ4v) is 4.17. The lowest BCUT2D eigenvalue weighted by molar-refractivity contribution is 0.0762. The zero-order valence-corrected chi connectivity index (χ0v) is 14.3. The maximum absolute atomic E-state index is 12.7. The van der Waals surface area contributed by atoms with Gasteiger partial charge in [0.25, 0.3) is 15.9 Å². The average Bonchev–Trinajstić information content (AvgIpc) is 3.11. The highest BCUT2D eigenvalue weighted by molar-refractivity contribution is 7.89. The molecular weight excluding hydrogens is 334 g/mol. The largest absolute Gasteiger partial charge is 0.361 e. The second-order valence-electron chi connectivity index (χ2n) is 5.66. The number of hydrogen-bond donors (Lipinski definition) is 1. The van der Waals surface area contributed by atoms with Crippen LogP contribution in [0, 0.1) is 13.8 Å². The minimum atomic E-state index is -3.61. The molecule has 0 atom stereocenters. The third-order valence-electron chi connectivity index (χ3n) is 4.08. The maximum atomic E-state index is 12.7. The quantitative estimate of drug-likeness (QED) is 0.862. The van der Waals surface area contributed by atoms with Crippen molar-refractivity contribution >= 4 is 15.9 Å². The first-order chi connectivity index (χ1) is 11.4. The Labute approximate surface area is 139 Å². The first-order valence-electron chi connectivity index (χ1n) is 7.62. The molecule has 0 spiro atoms. The van der Waals surface area contributed by atoms with Crippen LogP contribution in [-0.4, -0.2) is 64.8 Å². The van der Waals surface area contributed by atoms with Crippen LogP contribution in [0.15, 0.2) is 22.1 Å². The average molecular weight is 353 g/mol. The smallest absolute Gasteiger partial charge is 0.260 e. The van der Waals surface area contributed by atoms with Crippen molar-refractivity contribution < 1.29 is 17.7 Å². The Morgan fingerprint density at radius 1 is 1.25 bits per heavy atom. The number of hydrogen-bond acceptors (Lipinski definition) is 6. The molecule has 1 N–H and O–H groups in total. The van der Waals surface area contributed by atoms with Crippen molar-refractivity contribution in [3.63, 3.8) is 0 Å².